The lowest BCUT2D eigenvalue weighted by molar-refractivity contribution is -0.149. The zero-order valence-corrected chi connectivity index (χ0v) is 15.6. The van der Waals surface area contributed by atoms with Crippen molar-refractivity contribution in [3.63, 3.8) is 0 Å². The predicted octanol–water partition coefficient (Wildman–Crippen LogP) is 4.30. The topological polar surface area (TPSA) is 52.6 Å². The summed E-state index contributed by atoms with van der Waals surface area (Å²) in [5.74, 6) is -0.310. The molecule has 1 rings (SSSR count). The van der Waals surface area contributed by atoms with E-state index in [-0.39, 0.29) is 11.2 Å². The molecule has 4 nitrogen and oxygen atoms in total. The van der Waals surface area contributed by atoms with Gasteiger partial charge >= 0.3 is 5.97 Å². The average Bonchev–Trinajstić information content (AvgIpc) is 2.52. The van der Waals surface area contributed by atoms with Crippen LogP contribution >= 0.6 is 0 Å². The zero-order valence-electron chi connectivity index (χ0n) is 15.6. The number of esters is 1. The molecule has 0 aliphatic heterocycles. The standard InChI is InChI=1S/C20H30O4/c1-15(21)18(19(22)23-5)9-7-6-8-14-24-17-12-10-16(11-13-17)20(2,3)4/h10-13,18H,6-9,14H2,1-5H3. The van der Waals surface area contributed by atoms with E-state index in [4.69, 9.17) is 4.74 Å². The van der Waals surface area contributed by atoms with Gasteiger partial charge in [-0.1, -0.05) is 45.7 Å². The van der Waals surface area contributed by atoms with E-state index in [0.717, 1.165) is 25.0 Å². The number of unbranched alkanes of at least 4 members (excludes halogenated alkanes) is 2. The third kappa shape index (κ3) is 6.73. The number of Topliss-reactive ketones (excluding diaryl/α,β-unsaturated/α-hetero) is 1. The van der Waals surface area contributed by atoms with E-state index in [1.54, 1.807) is 0 Å². The van der Waals surface area contributed by atoms with Crippen LogP contribution in [0.25, 0.3) is 0 Å². The number of benzene rings is 1. The molecule has 24 heavy (non-hydrogen) atoms. The molecule has 0 fully saturated rings. The molecule has 0 radical (unpaired) electrons. The van der Waals surface area contributed by atoms with Gasteiger partial charge in [0.2, 0.25) is 0 Å². The summed E-state index contributed by atoms with van der Waals surface area (Å²) in [6, 6.07) is 8.21. The van der Waals surface area contributed by atoms with Crippen LogP contribution in [0.5, 0.6) is 5.75 Å². The molecule has 0 saturated heterocycles. The zero-order chi connectivity index (χ0) is 18.2. The van der Waals surface area contributed by atoms with Gasteiger partial charge in [-0.3, -0.25) is 9.59 Å². The van der Waals surface area contributed by atoms with Crippen molar-refractivity contribution in [1.82, 2.24) is 0 Å². The molecular formula is C20H30O4. The number of carbonyl (C=O) groups is 2. The minimum Gasteiger partial charge on any atom is -0.494 e. The van der Waals surface area contributed by atoms with Crippen molar-refractivity contribution >= 4 is 11.8 Å². The highest BCUT2D eigenvalue weighted by Gasteiger charge is 2.23. The van der Waals surface area contributed by atoms with Crippen LogP contribution in [-0.4, -0.2) is 25.5 Å². The number of hydrogen-bond donors (Lipinski definition) is 0. The van der Waals surface area contributed by atoms with Crippen molar-refractivity contribution in [1.29, 1.82) is 0 Å². The van der Waals surface area contributed by atoms with Crippen LogP contribution in [0.4, 0.5) is 0 Å². The minimum absolute atomic E-state index is 0.128. The maximum Gasteiger partial charge on any atom is 0.316 e. The molecule has 0 heterocycles. The van der Waals surface area contributed by atoms with Gasteiger partial charge in [0.15, 0.2) is 0 Å². The third-order valence-electron chi connectivity index (χ3n) is 4.10. The summed E-state index contributed by atoms with van der Waals surface area (Å²) >= 11 is 0. The monoisotopic (exact) mass is 334 g/mol. The first-order valence-corrected chi connectivity index (χ1v) is 8.57. The Balaban J connectivity index is 2.27. The Morgan fingerprint density at radius 2 is 1.67 bits per heavy atom. The predicted molar refractivity (Wildman–Crippen MR) is 95.3 cm³/mol. The van der Waals surface area contributed by atoms with Crippen LogP contribution < -0.4 is 4.74 Å². The second-order valence-electron chi connectivity index (χ2n) is 7.16. The van der Waals surface area contributed by atoms with Gasteiger partial charge in [0.05, 0.1) is 13.7 Å². The lowest BCUT2D eigenvalue weighted by Gasteiger charge is -2.19. The quantitative estimate of drug-likeness (QED) is 0.384. The summed E-state index contributed by atoms with van der Waals surface area (Å²) < 4.78 is 10.4. The number of methoxy groups -OCH3 is 1. The highest BCUT2D eigenvalue weighted by molar-refractivity contribution is 5.97. The van der Waals surface area contributed by atoms with Gasteiger partial charge < -0.3 is 9.47 Å². The first-order chi connectivity index (χ1) is 11.3. The van der Waals surface area contributed by atoms with Gasteiger partial charge in [0.25, 0.3) is 0 Å². The lowest BCUT2D eigenvalue weighted by atomic mass is 9.87. The Labute approximate surface area is 145 Å². The summed E-state index contributed by atoms with van der Waals surface area (Å²) in [5.41, 5.74) is 1.43. The average molecular weight is 334 g/mol. The highest BCUT2D eigenvalue weighted by Crippen LogP contribution is 2.24. The third-order valence-corrected chi connectivity index (χ3v) is 4.10. The Kier molecular flexibility index (Phi) is 7.96. The van der Waals surface area contributed by atoms with Gasteiger partial charge in [-0.25, -0.2) is 0 Å². The highest BCUT2D eigenvalue weighted by atomic mass is 16.5. The Hall–Kier alpha value is -1.84. The number of ketones is 1. The van der Waals surface area contributed by atoms with Gasteiger partial charge in [-0.05, 0) is 42.9 Å². The van der Waals surface area contributed by atoms with Crippen LogP contribution in [0.2, 0.25) is 0 Å². The molecule has 0 spiro atoms. The van der Waals surface area contributed by atoms with E-state index in [1.807, 2.05) is 12.1 Å². The fourth-order valence-corrected chi connectivity index (χ4v) is 2.50. The first-order valence-electron chi connectivity index (χ1n) is 8.57. The molecule has 134 valence electrons. The SMILES string of the molecule is COC(=O)C(CCCCCOc1ccc(C(C)(C)C)cc1)C(C)=O. The molecule has 1 aromatic carbocycles. The van der Waals surface area contributed by atoms with Crippen LogP contribution in [0.15, 0.2) is 24.3 Å². The van der Waals surface area contributed by atoms with Crippen LogP contribution in [0.1, 0.15) is 58.9 Å². The molecule has 0 saturated carbocycles. The van der Waals surface area contributed by atoms with Gasteiger partial charge in [0.1, 0.15) is 17.5 Å². The van der Waals surface area contributed by atoms with E-state index in [9.17, 15) is 9.59 Å². The van der Waals surface area contributed by atoms with E-state index in [2.05, 4.69) is 37.6 Å². The maximum atomic E-state index is 11.5. The van der Waals surface area contributed by atoms with Crippen molar-refractivity contribution < 1.29 is 19.1 Å². The molecule has 1 unspecified atom stereocenters. The van der Waals surface area contributed by atoms with Crippen molar-refractivity contribution in [3.05, 3.63) is 29.8 Å². The number of ether oxygens (including phenoxy) is 2. The van der Waals surface area contributed by atoms with Crippen molar-refractivity contribution in [2.75, 3.05) is 13.7 Å². The molecular weight excluding hydrogens is 304 g/mol. The largest absolute Gasteiger partial charge is 0.494 e. The molecule has 0 bridgehead atoms. The molecule has 1 atom stereocenters. The maximum absolute atomic E-state index is 11.5. The Morgan fingerprint density at radius 1 is 1.04 bits per heavy atom. The minimum atomic E-state index is -0.624. The van der Waals surface area contributed by atoms with E-state index < -0.39 is 11.9 Å². The number of carbonyl (C=O) groups excluding carboxylic acids is 2. The number of hydrogen-bond acceptors (Lipinski definition) is 4. The fourth-order valence-electron chi connectivity index (χ4n) is 2.50. The second-order valence-corrected chi connectivity index (χ2v) is 7.16. The summed E-state index contributed by atoms with van der Waals surface area (Å²) in [7, 11) is 1.32. The number of rotatable bonds is 9. The Bertz CT molecular complexity index is 526. The second kappa shape index (κ2) is 9.45. The van der Waals surface area contributed by atoms with Crippen LogP contribution in [0.3, 0.4) is 0 Å². The van der Waals surface area contributed by atoms with E-state index in [0.29, 0.717) is 13.0 Å². The van der Waals surface area contributed by atoms with Crippen molar-refractivity contribution in [2.24, 2.45) is 5.92 Å². The van der Waals surface area contributed by atoms with Crippen LogP contribution in [0, 0.1) is 5.92 Å². The first kappa shape index (κ1) is 20.2. The van der Waals surface area contributed by atoms with Gasteiger partial charge in [0, 0.05) is 0 Å². The Morgan fingerprint density at radius 3 is 2.17 bits per heavy atom. The van der Waals surface area contributed by atoms with Crippen LogP contribution in [-0.2, 0) is 19.7 Å². The fraction of sp³-hybridized carbons (Fsp3) is 0.600. The molecule has 0 aliphatic rings. The van der Waals surface area contributed by atoms with E-state index >= 15 is 0 Å². The molecule has 0 amide bonds. The van der Waals surface area contributed by atoms with Crippen molar-refractivity contribution in [2.45, 2.75) is 58.8 Å². The molecule has 4 heteroatoms. The normalized spacial score (nSPS) is 12.5. The summed E-state index contributed by atoms with van der Waals surface area (Å²) in [6.07, 6.45) is 3.17. The van der Waals surface area contributed by atoms with E-state index in [1.165, 1.54) is 19.6 Å². The molecule has 0 aliphatic carbocycles. The molecule has 0 N–H and O–H groups in total. The van der Waals surface area contributed by atoms with Crippen molar-refractivity contribution in [3.8, 4) is 5.75 Å². The summed E-state index contributed by atoms with van der Waals surface area (Å²) in [4.78, 5) is 22.9. The van der Waals surface area contributed by atoms with Gasteiger partial charge in [-0.15, -0.1) is 0 Å². The smallest absolute Gasteiger partial charge is 0.316 e. The van der Waals surface area contributed by atoms with Gasteiger partial charge in [-0.2, -0.15) is 0 Å². The summed E-state index contributed by atoms with van der Waals surface area (Å²) in [6.45, 7) is 8.63. The molecule has 1 aromatic rings. The summed E-state index contributed by atoms with van der Waals surface area (Å²) in [5, 5.41) is 0. The lowest BCUT2D eigenvalue weighted by Crippen LogP contribution is -2.23. The molecule has 0 aromatic heterocycles.